The van der Waals surface area contributed by atoms with Crippen LogP contribution in [0, 0.1) is 0 Å². The van der Waals surface area contributed by atoms with E-state index in [-0.39, 0.29) is 4.90 Å². The smallest absolute Gasteiger partial charge is 0.418 e. The Hall–Kier alpha value is -2.81. The first-order chi connectivity index (χ1) is 12.1. The average molecular weight is 385 g/mol. The molecule has 26 heavy (non-hydrogen) atoms. The molecule has 0 saturated carbocycles. The second kappa shape index (κ2) is 7.61. The van der Waals surface area contributed by atoms with Crippen molar-refractivity contribution in [1.29, 1.82) is 0 Å². The fraction of sp³-hybridized carbons (Fsp3) is 0.118. The fourth-order valence-corrected chi connectivity index (χ4v) is 3.09. The van der Waals surface area contributed by atoms with Gasteiger partial charge in [0.05, 0.1) is 23.3 Å². The largest absolute Gasteiger partial charge is 0.466 e. The van der Waals surface area contributed by atoms with E-state index >= 15 is 0 Å². The second-order valence-electron chi connectivity index (χ2n) is 5.07. The van der Waals surface area contributed by atoms with Crippen LogP contribution < -0.4 is 4.72 Å². The quantitative estimate of drug-likeness (QED) is 0.629. The maximum absolute atomic E-state index is 13.0. The van der Waals surface area contributed by atoms with E-state index in [9.17, 15) is 26.4 Å². The molecule has 5 nitrogen and oxygen atoms in total. The molecule has 0 heterocycles. The highest BCUT2D eigenvalue weighted by molar-refractivity contribution is 7.92. The number of carbonyl (C=O) groups excluding carboxylic acids is 1. The number of halogens is 3. The van der Waals surface area contributed by atoms with Crippen LogP contribution in [0.3, 0.4) is 0 Å². The number of ether oxygens (including phenoxy) is 1. The first-order valence-corrected chi connectivity index (χ1v) is 8.67. The van der Waals surface area contributed by atoms with Gasteiger partial charge in [0.25, 0.3) is 10.0 Å². The Morgan fingerprint density at radius 1 is 1.08 bits per heavy atom. The fourth-order valence-electron chi connectivity index (χ4n) is 2.01. The van der Waals surface area contributed by atoms with Crippen LogP contribution in [0.1, 0.15) is 11.1 Å². The molecular formula is C17H14F3NO4S. The molecule has 0 fully saturated rings. The molecule has 0 aliphatic rings. The Morgan fingerprint density at radius 2 is 1.69 bits per heavy atom. The zero-order valence-electron chi connectivity index (χ0n) is 13.4. The van der Waals surface area contributed by atoms with Crippen LogP contribution in [-0.4, -0.2) is 21.5 Å². The zero-order valence-corrected chi connectivity index (χ0v) is 14.3. The minimum atomic E-state index is -4.69. The number of hydrogen-bond donors (Lipinski definition) is 1. The van der Waals surface area contributed by atoms with Gasteiger partial charge in [-0.15, -0.1) is 0 Å². The molecule has 0 unspecified atom stereocenters. The number of alkyl halides is 3. The Labute approximate surface area is 148 Å². The molecule has 0 aliphatic heterocycles. The van der Waals surface area contributed by atoms with Gasteiger partial charge in [-0.1, -0.05) is 24.3 Å². The summed E-state index contributed by atoms with van der Waals surface area (Å²) in [7, 11) is -3.00. The molecule has 0 aliphatic carbocycles. The lowest BCUT2D eigenvalue weighted by atomic mass is 10.2. The Kier molecular flexibility index (Phi) is 5.71. The second-order valence-corrected chi connectivity index (χ2v) is 6.76. The van der Waals surface area contributed by atoms with E-state index in [4.69, 9.17) is 0 Å². The summed E-state index contributed by atoms with van der Waals surface area (Å²) in [5.41, 5.74) is -1.12. The van der Waals surface area contributed by atoms with Gasteiger partial charge in [-0.05, 0) is 35.9 Å². The Bertz CT molecular complexity index is 920. The van der Waals surface area contributed by atoms with Gasteiger partial charge in [-0.25, -0.2) is 13.2 Å². The van der Waals surface area contributed by atoms with Crippen molar-refractivity contribution in [2.24, 2.45) is 0 Å². The lowest BCUT2D eigenvalue weighted by molar-refractivity contribution is -0.137. The van der Waals surface area contributed by atoms with Crippen molar-refractivity contribution >= 4 is 27.8 Å². The maximum atomic E-state index is 13.0. The van der Waals surface area contributed by atoms with Gasteiger partial charge in [-0.3, -0.25) is 4.72 Å². The highest BCUT2D eigenvalue weighted by Crippen LogP contribution is 2.35. The van der Waals surface area contributed by atoms with Gasteiger partial charge >= 0.3 is 12.1 Å². The van der Waals surface area contributed by atoms with Crippen LogP contribution in [0.25, 0.3) is 6.08 Å². The van der Waals surface area contributed by atoms with Gasteiger partial charge in [0, 0.05) is 6.08 Å². The minimum absolute atomic E-state index is 0.218. The van der Waals surface area contributed by atoms with E-state index in [1.165, 1.54) is 49.6 Å². The lowest BCUT2D eigenvalue weighted by Crippen LogP contribution is -2.17. The average Bonchev–Trinajstić information content (AvgIpc) is 2.59. The Morgan fingerprint density at radius 3 is 2.27 bits per heavy atom. The first kappa shape index (κ1) is 19.5. The van der Waals surface area contributed by atoms with Crippen LogP contribution in [0.4, 0.5) is 18.9 Å². The standard InChI is InChI=1S/C17H14F3NO4S/c1-25-16(22)11-8-12-6-9-13(10-7-12)26(23,24)21-15-5-3-2-4-14(15)17(18,19)20/h2-11,21H,1H3. The number of rotatable bonds is 5. The van der Waals surface area contributed by atoms with E-state index in [0.717, 1.165) is 18.2 Å². The summed E-state index contributed by atoms with van der Waals surface area (Å²) in [4.78, 5) is 10.8. The molecule has 0 amide bonds. The lowest BCUT2D eigenvalue weighted by Gasteiger charge is -2.14. The number of carbonyl (C=O) groups is 1. The molecule has 138 valence electrons. The molecule has 2 aromatic rings. The van der Waals surface area contributed by atoms with Crippen molar-refractivity contribution in [3.63, 3.8) is 0 Å². The SMILES string of the molecule is COC(=O)C=Cc1ccc(S(=O)(=O)Nc2ccccc2C(F)(F)F)cc1. The number of anilines is 1. The van der Waals surface area contributed by atoms with Crippen molar-refractivity contribution in [3.8, 4) is 0 Å². The van der Waals surface area contributed by atoms with Gasteiger partial charge in [0.1, 0.15) is 0 Å². The van der Waals surface area contributed by atoms with Crippen LogP contribution in [0.2, 0.25) is 0 Å². The van der Waals surface area contributed by atoms with Crippen molar-refractivity contribution in [3.05, 3.63) is 65.7 Å². The van der Waals surface area contributed by atoms with Crippen LogP contribution in [0.15, 0.2) is 59.5 Å². The van der Waals surface area contributed by atoms with Crippen molar-refractivity contribution in [2.45, 2.75) is 11.1 Å². The summed E-state index contributed by atoms with van der Waals surface area (Å²) >= 11 is 0. The van der Waals surface area contributed by atoms with E-state index in [1.807, 2.05) is 4.72 Å². The number of methoxy groups -OCH3 is 1. The van der Waals surface area contributed by atoms with Crippen molar-refractivity contribution < 1.29 is 31.1 Å². The summed E-state index contributed by atoms with van der Waals surface area (Å²) < 4.78 is 70.0. The summed E-state index contributed by atoms with van der Waals surface area (Å²) in [6, 6.07) is 9.54. The molecule has 9 heteroatoms. The number of esters is 1. The van der Waals surface area contributed by atoms with E-state index in [2.05, 4.69) is 4.74 Å². The molecule has 1 N–H and O–H groups in total. The monoisotopic (exact) mass is 385 g/mol. The number of benzene rings is 2. The summed E-state index contributed by atoms with van der Waals surface area (Å²) in [5.74, 6) is -0.577. The van der Waals surface area contributed by atoms with Crippen molar-refractivity contribution in [2.75, 3.05) is 11.8 Å². The highest BCUT2D eigenvalue weighted by Gasteiger charge is 2.34. The van der Waals surface area contributed by atoms with E-state index in [1.54, 1.807) is 0 Å². The van der Waals surface area contributed by atoms with Gasteiger partial charge in [0.2, 0.25) is 0 Å². The predicted molar refractivity (Wildman–Crippen MR) is 89.7 cm³/mol. The maximum Gasteiger partial charge on any atom is 0.418 e. The van der Waals surface area contributed by atoms with Crippen LogP contribution in [0.5, 0.6) is 0 Å². The normalized spacial score (nSPS) is 12.2. The molecule has 0 atom stereocenters. The summed E-state index contributed by atoms with van der Waals surface area (Å²) in [6.07, 6.45) is -2.13. The topological polar surface area (TPSA) is 72.5 Å². The molecule has 0 saturated heterocycles. The highest BCUT2D eigenvalue weighted by atomic mass is 32.2. The number of nitrogens with one attached hydrogen (secondary N) is 1. The zero-order chi connectivity index (χ0) is 19.4. The number of sulfonamides is 1. The molecule has 2 aromatic carbocycles. The van der Waals surface area contributed by atoms with Gasteiger partial charge < -0.3 is 4.74 Å². The molecule has 0 bridgehead atoms. The number of para-hydroxylation sites is 1. The summed E-state index contributed by atoms with van der Waals surface area (Å²) in [6.45, 7) is 0. The third-order valence-electron chi connectivity index (χ3n) is 3.28. The molecular weight excluding hydrogens is 371 g/mol. The van der Waals surface area contributed by atoms with Crippen LogP contribution >= 0.6 is 0 Å². The van der Waals surface area contributed by atoms with Crippen LogP contribution in [-0.2, 0) is 25.7 Å². The van der Waals surface area contributed by atoms with E-state index in [0.29, 0.717) is 5.56 Å². The molecule has 2 rings (SSSR count). The Balaban J connectivity index is 2.27. The first-order valence-electron chi connectivity index (χ1n) is 7.18. The number of hydrogen-bond acceptors (Lipinski definition) is 4. The molecule has 0 radical (unpaired) electrons. The van der Waals surface area contributed by atoms with E-state index < -0.39 is 33.4 Å². The minimum Gasteiger partial charge on any atom is -0.466 e. The summed E-state index contributed by atoms with van der Waals surface area (Å²) in [5, 5.41) is 0. The molecule has 0 aromatic heterocycles. The third kappa shape index (κ3) is 4.85. The molecule has 0 spiro atoms. The third-order valence-corrected chi connectivity index (χ3v) is 4.66. The predicted octanol–water partition coefficient (Wildman–Crippen LogP) is 3.69. The van der Waals surface area contributed by atoms with Gasteiger partial charge in [-0.2, -0.15) is 13.2 Å². The van der Waals surface area contributed by atoms with Gasteiger partial charge in [0.15, 0.2) is 0 Å². The van der Waals surface area contributed by atoms with Crippen molar-refractivity contribution in [1.82, 2.24) is 0 Å².